The summed E-state index contributed by atoms with van der Waals surface area (Å²) in [5.41, 5.74) is 1.78. The molecule has 126 valence electrons. The molecule has 1 amide bonds. The number of hydrazone groups is 1. The second kappa shape index (κ2) is 6.44. The summed E-state index contributed by atoms with van der Waals surface area (Å²) in [6, 6.07) is 7.98. The molecule has 0 atom stereocenters. The topological polar surface area (TPSA) is 115 Å². The van der Waals surface area contributed by atoms with Crippen molar-refractivity contribution in [3.63, 3.8) is 0 Å². The molecule has 7 nitrogen and oxygen atoms in total. The zero-order chi connectivity index (χ0) is 18.0. The Kier molecular flexibility index (Phi) is 4.17. The first kappa shape index (κ1) is 16.2. The Hall–Kier alpha value is -3.68. The van der Waals surface area contributed by atoms with Gasteiger partial charge in [-0.3, -0.25) is 9.59 Å². The van der Waals surface area contributed by atoms with Crippen LogP contribution in [0.1, 0.15) is 15.9 Å². The number of hydrogen-bond acceptors (Lipinski definition) is 5. The molecule has 0 aliphatic carbocycles. The summed E-state index contributed by atoms with van der Waals surface area (Å²) in [4.78, 5) is 26.9. The normalized spacial score (nSPS) is 11.1. The van der Waals surface area contributed by atoms with E-state index in [-0.39, 0.29) is 28.0 Å². The molecule has 4 N–H and O–H groups in total. The quantitative estimate of drug-likeness (QED) is 0.330. The van der Waals surface area contributed by atoms with Gasteiger partial charge in [0, 0.05) is 11.6 Å². The number of carbonyl (C=O) groups is 1. The molecule has 2 aromatic carbocycles. The summed E-state index contributed by atoms with van der Waals surface area (Å²) in [5.74, 6) is -1.97. The molecule has 3 rings (SSSR count). The zero-order valence-corrected chi connectivity index (χ0v) is 12.7. The van der Waals surface area contributed by atoms with E-state index in [1.807, 2.05) is 0 Å². The van der Waals surface area contributed by atoms with Crippen molar-refractivity contribution in [2.45, 2.75) is 0 Å². The first-order valence-corrected chi connectivity index (χ1v) is 7.12. The molecule has 0 unspecified atom stereocenters. The number of aromatic nitrogens is 1. The number of halogens is 1. The molecular weight excluding hydrogens is 329 g/mol. The maximum Gasteiger partial charge on any atom is 0.276 e. The zero-order valence-electron chi connectivity index (χ0n) is 12.7. The number of H-pyrrole nitrogens is 1. The summed E-state index contributed by atoms with van der Waals surface area (Å²) in [6.07, 6.45) is 2.34. The molecule has 1 heterocycles. The van der Waals surface area contributed by atoms with Crippen LogP contribution in [-0.2, 0) is 0 Å². The minimum atomic E-state index is -0.772. The van der Waals surface area contributed by atoms with Crippen LogP contribution >= 0.6 is 0 Å². The van der Waals surface area contributed by atoms with E-state index >= 15 is 0 Å². The summed E-state index contributed by atoms with van der Waals surface area (Å²) in [6.45, 7) is 0. The third kappa shape index (κ3) is 3.18. The van der Waals surface area contributed by atoms with Gasteiger partial charge in [-0.1, -0.05) is 6.07 Å². The number of pyridine rings is 1. The van der Waals surface area contributed by atoms with Gasteiger partial charge in [0.25, 0.3) is 5.91 Å². The Balaban J connectivity index is 1.83. The van der Waals surface area contributed by atoms with Gasteiger partial charge in [0.1, 0.15) is 11.4 Å². The Morgan fingerprint density at radius 3 is 2.76 bits per heavy atom. The van der Waals surface area contributed by atoms with Crippen molar-refractivity contribution < 1.29 is 19.4 Å². The Morgan fingerprint density at radius 1 is 1.20 bits per heavy atom. The fraction of sp³-hybridized carbons (Fsp3) is 0. The van der Waals surface area contributed by atoms with Gasteiger partial charge in [-0.05, 0) is 35.9 Å². The SMILES string of the molecule is O=C(N/N=C/c1ccc(O)c(O)c1)c1c[nH]c2c(F)cccc2c1=O. The highest BCUT2D eigenvalue weighted by atomic mass is 19.1. The lowest BCUT2D eigenvalue weighted by atomic mass is 10.1. The number of hydrogen-bond donors (Lipinski definition) is 4. The van der Waals surface area contributed by atoms with Crippen LogP contribution in [0.5, 0.6) is 11.5 Å². The van der Waals surface area contributed by atoms with Gasteiger partial charge in [0.05, 0.1) is 11.7 Å². The number of nitrogens with one attached hydrogen (secondary N) is 2. The summed E-state index contributed by atoms with van der Waals surface area (Å²) in [5, 5.41) is 22.3. The van der Waals surface area contributed by atoms with E-state index in [1.54, 1.807) is 0 Å². The van der Waals surface area contributed by atoms with Crippen molar-refractivity contribution in [2.75, 3.05) is 0 Å². The molecule has 0 bridgehead atoms. The largest absolute Gasteiger partial charge is 0.504 e. The van der Waals surface area contributed by atoms with E-state index in [4.69, 9.17) is 0 Å². The van der Waals surface area contributed by atoms with Crippen LogP contribution in [0.25, 0.3) is 10.9 Å². The second-order valence-corrected chi connectivity index (χ2v) is 5.14. The van der Waals surface area contributed by atoms with Gasteiger partial charge >= 0.3 is 0 Å². The van der Waals surface area contributed by atoms with E-state index in [0.29, 0.717) is 5.56 Å². The molecule has 25 heavy (non-hydrogen) atoms. The van der Waals surface area contributed by atoms with Crippen LogP contribution in [0.2, 0.25) is 0 Å². The van der Waals surface area contributed by atoms with Gasteiger partial charge in [-0.2, -0.15) is 5.10 Å². The number of nitrogens with zero attached hydrogens (tertiary/aromatic N) is 1. The first-order valence-electron chi connectivity index (χ1n) is 7.12. The van der Waals surface area contributed by atoms with Crippen LogP contribution in [0, 0.1) is 5.82 Å². The Bertz CT molecular complexity index is 1060. The average Bonchev–Trinajstić information content (AvgIpc) is 2.59. The number of aromatic hydroxyl groups is 2. The summed E-state index contributed by atoms with van der Waals surface area (Å²) in [7, 11) is 0. The van der Waals surface area contributed by atoms with Crippen molar-refractivity contribution in [2.24, 2.45) is 5.10 Å². The highest BCUT2D eigenvalue weighted by molar-refractivity contribution is 5.97. The maximum absolute atomic E-state index is 13.6. The van der Waals surface area contributed by atoms with Crippen LogP contribution in [0.4, 0.5) is 4.39 Å². The van der Waals surface area contributed by atoms with Gasteiger partial charge in [0.15, 0.2) is 11.5 Å². The monoisotopic (exact) mass is 341 g/mol. The minimum absolute atomic E-state index is 0.0205. The van der Waals surface area contributed by atoms with E-state index < -0.39 is 17.2 Å². The lowest BCUT2D eigenvalue weighted by molar-refractivity contribution is 0.0954. The molecule has 0 radical (unpaired) electrons. The molecule has 0 saturated carbocycles. The molecule has 0 saturated heterocycles. The predicted octanol–water partition coefficient (Wildman–Crippen LogP) is 1.84. The molecule has 8 heteroatoms. The molecule has 0 fully saturated rings. The van der Waals surface area contributed by atoms with Crippen molar-refractivity contribution in [1.82, 2.24) is 10.4 Å². The van der Waals surface area contributed by atoms with Crippen molar-refractivity contribution in [3.05, 3.63) is 69.8 Å². The molecule has 3 aromatic rings. The standard InChI is InChI=1S/C17H12FN3O4/c18-12-3-1-2-10-15(12)19-8-11(16(10)24)17(25)21-20-7-9-4-5-13(22)14(23)6-9/h1-8,22-23H,(H,19,24)(H,21,25)/b20-7+. The van der Waals surface area contributed by atoms with Crippen LogP contribution in [0.15, 0.2) is 52.5 Å². The molecule has 0 spiro atoms. The number of amides is 1. The number of para-hydroxylation sites is 1. The van der Waals surface area contributed by atoms with Gasteiger partial charge in [-0.25, -0.2) is 9.82 Å². The summed E-state index contributed by atoms with van der Waals surface area (Å²) >= 11 is 0. The summed E-state index contributed by atoms with van der Waals surface area (Å²) < 4.78 is 13.6. The molecular formula is C17H12FN3O4. The highest BCUT2D eigenvalue weighted by Gasteiger charge is 2.13. The average molecular weight is 341 g/mol. The molecule has 0 aliphatic heterocycles. The van der Waals surface area contributed by atoms with E-state index in [0.717, 1.165) is 6.20 Å². The third-order valence-electron chi connectivity index (χ3n) is 3.49. The molecule has 0 aliphatic rings. The maximum atomic E-state index is 13.6. The number of fused-ring (bicyclic) bond motifs is 1. The number of phenols is 2. The number of rotatable bonds is 3. The second-order valence-electron chi connectivity index (χ2n) is 5.14. The fourth-order valence-corrected chi connectivity index (χ4v) is 2.23. The minimum Gasteiger partial charge on any atom is -0.504 e. The number of phenolic OH excluding ortho intramolecular Hbond substituents is 2. The van der Waals surface area contributed by atoms with E-state index in [2.05, 4.69) is 15.5 Å². The Morgan fingerprint density at radius 2 is 2.00 bits per heavy atom. The van der Waals surface area contributed by atoms with Crippen molar-refractivity contribution in [3.8, 4) is 11.5 Å². The predicted molar refractivity (Wildman–Crippen MR) is 89.4 cm³/mol. The van der Waals surface area contributed by atoms with E-state index in [1.165, 1.54) is 42.6 Å². The van der Waals surface area contributed by atoms with Gasteiger partial charge in [-0.15, -0.1) is 0 Å². The van der Waals surface area contributed by atoms with Crippen LogP contribution in [-0.4, -0.2) is 27.3 Å². The number of carbonyl (C=O) groups excluding carboxylic acids is 1. The van der Waals surface area contributed by atoms with Gasteiger partial charge in [0.2, 0.25) is 5.43 Å². The third-order valence-corrected chi connectivity index (χ3v) is 3.49. The first-order chi connectivity index (χ1) is 12.0. The highest BCUT2D eigenvalue weighted by Crippen LogP contribution is 2.23. The van der Waals surface area contributed by atoms with E-state index in [9.17, 15) is 24.2 Å². The van der Waals surface area contributed by atoms with Crippen molar-refractivity contribution in [1.29, 1.82) is 0 Å². The van der Waals surface area contributed by atoms with Gasteiger partial charge < -0.3 is 15.2 Å². The lowest BCUT2D eigenvalue weighted by Gasteiger charge is -2.03. The number of benzene rings is 2. The fourth-order valence-electron chi connectivity index (χ4n) is 2.23. The smallest absolute Gasteiger partial charge is 0.276 e. The lowest BCUT2D eigenvalue weighted by Crippen LogP contribution is -2.25. The van der Waals surface area contributed by atoms with Crippen LogP contribution < -0.4 is 10.9 Å². The van der Waals surface area contributed by atoms with Crippen LogP contribution in [0.3, 0.4) is 0 Å². The Labute approximate surface area is 140 Å². The van der Waals surface area contributed by atoms with Crippen molar-refractivity contribution >= 4 is 23.0 Å². The number of aromatic amines is 1. The molecule has 1 aromatic heterocycles.